The lowest BCUT2D eigenvalue weighted by atomic mass is 10.2. The first-order chi connectivity index (χ1) is 12.3. The SMILES string of the molecule is COc1ccc(N2CCN(C(=O)CNCCn3cccn3)CC2)cc1. The Morgan fingerprint density at radius 2 is 1.96 bits per heavy atom. The van der Waals surface area contributed by atoms with Gasteiger partial charge < -0.3 is 19.9 Å². The van der Waals surface area contributed by atoms with E-state index in [-0.39, 0.29) is 5.91 Å². The van der Waals surface area contributed by atoms with E-state index in [1.165, 1.54) is 5.69 Å². The Morgan fingerprint density at radius 3 is 2.60 bits per heavy atom. The lowest BCUT2D eigenvalue weighted by Crippen LogP contribution is -2.51. The van der Waals surface area contributed by atoms with E-state index in [9.17, 15) is 4.79 Å². The smallest absolute Gasteiger partial charge is 0.236 e. The molecule has 1 aliphatic rings. The van der Waals surface area contributed by atoms with Gasteiger partial charge in [0.25, 0.3) is 0 Å². The van der Waals surface area contributed by atoms with Gasteiger partial charge in [0.15, 0.2) is 0 Å². The quantitative estimate of drug-likeness (QED) is 0.755. The summed E-state index contributed by atoms with van der Waals surface area (Å²) in [5.74, 6) is 1.02. The van der Waals surface area contributed by atoms with Crippen LogP contribution in [0.1, 0.15) is 0 Å². The highest BCUT2D eigenvalue weighted by atomic mass is 16.5. The van der Waals surface area contributed by atoms with E-state index in [4.69, 9.17) is 4.74 Å². The van der Waals surface area contributed by atoms with Gasteiger partial charge in [0.2, 0.25) is 5.91 Å². The number of aromatic nitrogens is 2. The number of carbonyl (C=O) groups excluding carboxylic acids is 1. The summed E-state index contributed by atoms with van der Waals surface area (Å²) in [4.78, 5) is 16.5. The van der Waals surface area contributed by atoms with Crippen molar-refractivity contribution in [1.29, 1.82) is 0 Å². The van der Waals surface area contributed by atoms with Crippen LogP contribution in [0.15, 0.2) is 42.7 Å². The van der Waals surface area contributed by atoms with Crippen LogP contribution in [0, 0.1) is 0 Å². The second-order valence-corrected chi connectivity index (χ2v) is 6.01. The first-order valence-electron chi connectivity index (χ1n) is 8.61. The number of anilines is 1. The lowest BCUT2D eigenvalue weighted by molar-refractivity contribution is -0.130. The number of nitrogens with one attached hydrogen (secondary N) is 1. The Hall–Kier alpha value is -2.54. The fourth-order valence-electron chi connectivity index (χ4n) is 2.94. The molecule has 134 valence electrons. The third-order valence-corrected chi connectivity index (χ3v) is 4.42. The van der Waals surface area contributed by atoms with Gasteiger partial charge in [0.1, 0.15) is 5.75 Å². The number of rotatable bonds is 7. The molecule has 1 saturated heterocycles. The minimum atomic E-state index is 0.162. The van der Waals surface area contributed by atoms with Gasteiger partial charge in [-0.3, -0.25) is 9.48 Å². The zero-order chi connectivity index (χ0) is 17.5. The molecule has 0 radical (unpaired) electrons. The van der Waals surface area contributed by atoms with E-state index in [0.717, 1.165) is 45.0 Å². The predicted octanol–water partition coefficient (Wildman–Crippen LogP) is 0.830. The Balaban J connectivity index is 1.38. The lowest BCUT2D eigenvalue weighted by Gasteiger charge is -2.36. The highest BCUT2D eigenvalue weighted by Crippen LogP contribution is 2.20. The zero-order valence-corrected chi connectivity index (χ0v) is 14.6. The summed E-state index contributed by atoms with van der Waals surface area (Å²) >= 11 is 0. The highest BCUT2D eigenvalue weighted by Gasteiger charge is 2.20. The first-order valence-corrected chi connectivity index (χ1v) is 8.61. The summed E-state index contributed by atoms with van der Waals surface area (Å²) in [6, 6.07) is 9.96. The van der Waals surface area contributed by atoms with E-state index >= 15 is 0 Å². The fraction of sp³-hybridized carbons (Fsp3) is 0.444. The maximum absolute atomic E-state index is 12.3. The van der Waals surface area contributed by atoms with Gasteiger partial charge in [0, 0.05) is 50.8 Å². The molecule has 25 heavy (non-hydrogen) atoms. The van der Waals surface area contributed by atoms with Crippen molar-refractivity contribution in [3.8, 4) is 5.75 Å². The molecule has 1 aromatic carbocycles. The summed E-state index contributed by atoms with van der Waals surface area (Å²) < 4.78 is 7.04. The van der Waals surface area contributed by atoms with Crippen LogP contribution in [0.25, 0.3) is 0 Å². The Morgan fingerprint density at radius 1 is 1.20 bits per heavy atom. The average molecular weight is 343 g/mol. The molecule has 1 amide bonds. The number of amides is 1. The van der Waals surface area contributed by atoms with E-state index < -0.39 is 0 Å². The van der Waals surface area contributed by atoms with Crippen molar-refractivity contribution >= 4 is 11.6 Å². The van der Waals surface area contributed by atoms with Crippen LogP contribution < -0.4 is 15.0 Å². The summed E-state index contributed by atoms with van der Waals surface area (Å²) in [6.07, 6.45) is 3.68. The number of piperazine rings is 1. The molecule has 0 unspecified atom stereocenters. The molecule has 1 aliphatic heterocycles. The second-order valence-electron chi connectivity index (χ2n) is 6.01. The maximum atomic E-state index is 12.3. The van der Waals surface area contributed by atoms with Gasteiger partial charge in [-0.15, -0.1) is 0 Å². The molecule has 7 nitrogen and oxygen atoms in total. The van der Waals surface area contributed by atoms with Gasteiger partial charge >= 0.3 is 0 Å². The van der Waals surface area contributed by atoms with Crippen molar-refractivity contribution in [3.05, 3.63) is 42.7 Å². The molecular formula is C18H25N5O2. The van der Waals surface area contributed by atoms with Gasteiger partial charge in [-0.1, -0.05) is 0 Å². The molecule has 1 fully saturated rings. The van der Waals surface area contributed by atoms with E-state index in [1.807, 2.05) is 34.0 Å². The average Bonchev–Trinajstić information content (AvgIpc) is 3.19. The number of nitrogens with zero attached hydrogens (tertiary/aromatic N) is 4. The molecule has 2 aromatic rings. The molecule has 0 bridgehead atoms. The minimum absolute atomic E-state index is 0.162. The third kappa shape index (κ3) is 4.73. The van der Waals surface area contributed by atoms with Gasteiger partial charge in [-0.2, -0.15) is 5.10 Å². The summed E-state index contributed by atoms with van der Waals surface area (Å²) in [5.41, 5.74) is 1.17. The standard InChI is InChI=1S/C18H25N5O2/c1-25-17-5-3-16(4-6-17)21-11-13-22(14-12-21)18(24)15-19-8-10-23-9-2-7-20-23/h2-7,9,19H,8,10-15H2,1H3. The fourth-order valence-corrected chi connectivity index (χ4v) is 2.94. The maximum Gasteiger partial charge on any atom is 0.236 e. The van der Waals surface area contributed by atoms with E-state index in [0.29, 0.717) is 6.54 Å². The molecule has 7 heteroatoms. The molecule has 0 saturated carbocycles. The van der Waals surface area contributed by atoms with Crippen molar-refractivity contribution < 1.29 is 9.53 Å². The molecule has 0 aliphatic carbocycles. The van der Waals surface area contributed by atoms with Gasteiger partial charge in [-0.25, -0.2) is 0 Å². The first kappa shape index (κ1) is 17.3. The number of methoxy groups -OCH3 is 1. The van der Waals surface area contributed by atoms with Crippen molar-refractivity contribution in [1.82, 2.24) is 20.0 Å². The Kier molecular flexibility index (Phi) is 5.90. The third-order valence-electron chi connectivity index (χ3n) is 4.42. The number of hydrogen-bond acceptors (Lipinski definition) is 5. The van der Waals surface area contributed by atoms with Crippen LogP contribution in [0.4, 0.5) is 5.69 Å². The van der Waals surface area contributed by atoms with Crippen LogP contribution in [-0.4, -0.2) is 67.0 Å². The van der Waals surface area contributed by atoms with Crippen LogP contribution in [0.5, 0.6) is 5.75 Å². The van der Waals surface area contributed by atoms with E-state index in [1.54, 1.807) is 13.3 Å². The Labute approximate surface area is 148 Å². The minimum Gasteiger partial charge on any atom is -0.497 e. The number of carbonyl (C=O) groups is 1. The number of benzene rings is 1. The largest absolute Gasteiger partial charge is 0.497 e. The topological polar surface area (TPSA) is 62.6 Å². The monoisotopic (exact) mass is 343 g/mol. The molecule has 3 rings (SSSR count). The predicted molar refractivity (Wildman–Crippen MR) is 96.9 cm³/mol. The van der Waals surface area contributed by atoms with Gasteiger partial charge in [-0.05, 0) is 30.3 Å². The van der Waals surface area contributed by atoms with Crippen LogP contribution in [0.2, 0.25) is 0 Å². The van der Waals surface area contributed by atoms with Crippen molar-refractivity contribution in [2.24, 2.45) is 0 Å². The zero-order valence-electron chi connectivity index (χ0n) is 14.6. The number of ether oxygens (including phenoxy) is 1. The summed E-state index contributed by atoms with van der Waals surface area (Å²) in [7, 11) is 1.67. The normalized spacial score (nSPS) is 14.6. The van der Waals surface area contributed by atoms with Crippen LogP contribution >= 0.6 is 0 Å². The molecule has 1 aromatic heterocycles. The molecular weight excluding hydrogens is 318 g/mol. The van der Waals surface area contributed by atoms with Crippen molar-refractivity contribution in [2.45, 2.75) is 6.54 Å². The summed E-state index contributed by atoms with van der Waals surface area (Å²) in [6.45, 7) is 5.10. The van der Waals surface area contributed by atoms with Gasteiger partial charge in [0.05, 0.1) is 20.2 Å². The molecule has 2 heterocycles. The van der Waals surface area contributed by atoms with Crippen LogP contribution in [0.3, 0.4) is 0 Å². The number of hydrogen-bond donors (Lipinski definition) is 1. The Bertz CT molecular complexity index is 649. The molecule has 1 N–H and O–H groups in total. The molecule has 0 spiro atoms. The molecule has 0 atom stereocenters. The van der Waals surface area contributed by atoms with Crippen molar-refractivity contribution in [2.75, 3.05) is 51.3 Å². The highest BCUT2D eigenvalue weighted by molar-refractivity contribution is 5.78. The van der Waals surface area contributed by atoms with Crippen molar-refractivity contribution in [3.63, 3.8) is 0 Å². The second kappa shape index (κ2) is 8.53. The van der Waals surface area contributed by atoms with Crippen LogP contribution in [-0.2, 0) is 11.3 Å². The van der Waals surface area contributed by atoms with E-state index in [2.05, 4.69) is 27.4 Å². The summed E-state index contributed by atoms with van der Waals surface area (Å²) in [5, 5.41) is 7.34.